The molecule has 0 aliphatic carbocycles. The molecule has 0 aliphatic heterocycles. The minimum absolute atomic E-state index is 0. The van der Waals surface area contributed by atoms with Crippen molar-refractivity contribution in [2.75, 3.05) is 0 Å². The van der Waals surface area contributed by atoms with Crippen molar-refractivity contribution in [2.24, 2.45) is 11.5 Å². The third kappa shape index (κ3) is 5.23. The Hall–Kier alpha value is -5.38. The summed E-state index contributed by atoms with van der Waals surface area (Å²) >= 11 is 0. The Morgan fingerprint density at radius 1 is 0.558 bits per heavy atom. The van der Waals surface area contributed by atoms with E-state index in [-0.39, 0.29) is 36.5 Å². The van der Waals surface area contributed by atoms with E-state index in [0.717, 1.165) is 44.3 Å². The molecule has 0 saturated carbocycles. The Morgan fingerprint density at radius 2 is 0.977 bits per heavy atom. The number of H-pyrrole nitrogens is 2. The zero-order valence-electron chi connectivity index (χ0n) is 22.5. The van der Waals surface area contributed by atoms with Gasteiger partial charge >= 0.3 is 0 Å². The number of rotatable bonds is 6. The quantitative estimate of drug-likeness (QED) is 0.0870. The van der Waals surface area contributed by atoms with Gasteiger partial charge in [-0.2, -0.15) is 0 Å². The summed E-state index contributed by atoms with van der Waals surface area (Å²) in [6.07, 6.45) is 0. The predicted molar refractivity (Wildman–Crippen MR) is 176 cm³/mol. The highest BCUT2D eigenvalue weighted by molar-refractivity contribution is 5.99. The van der Waals surface area contributed by atoms with E-state index in [1.807, 2.05) is 84.9 Å². The van der Waals surface area contributed by atoms with Crippen molar-refractivity contribution >= 4 is 58.6 Å². The summed E-state index contributed by atoms with van der Waals surface area (Å²) < 4.78 is 6.48. The summed E-state index contributed by atoms with van der Waals surface area (Å²) in [5.74, 6) is 2.48. The van der Waals surface area contributed by atoms with Gasteiger partial charge in [-0.15, -0.1) is 24.8 Å². The lowest BCUT2D eigenvalue weighted by Crippen LogP contribution is -2.11. The van der Waals surface area contributed by atoms with Gasteiger partial charge in [0.05, 0.1) is 22.1 Å². The Bertz CT molecular complexity index is 1930. The van der Waals surface area contributed by atoms with Gasteiger partial charge in [0.15, 0.2) is 0 Å². The van der Waals surface area contributed by atoms with Gasteiger partial charge in [-0.1, -0.05) is 36.4 Å². The Morgan fingerprint density at radius 3 is 1.37 bits per heavy atom. The van der Waals surface area contributed by atoms with Crippen molar-refractivity contribution in [3.63, 3.8) is 0 Å². The van der Waals surface area contributed by atoms with Gasteiger partial charge in [0.25, 0.3) is 0 Å². The van der Waals surface area contributed by atoms with Crippen molar-refractivity contribution in [1.29, 1.82) is 10.8 Å². The lowest BCUT2D eigenvalue weighted by atomic mass is 10.0. The number of furan rings is 1. The van der Waals surface area contributed by atoms with Crippen LogP contribution in [0.15, 0.2) is 101 Å². The molecule has 8 N–H and O–H groups in total. The van der Waals surface area contributed by atoms with E-state index in [2.05, 4.69) is 9.97 Å². The van der Waals surface area contributed by atoms with Gasteiger partial charge in [-0.3, -0.25) is 10.8 Å². The average Bonchev–Trinajstić information content (AvgIpc) is 3.74. The fraction of sp³-hybridized carbons (Fsp3) is 0. The van der Waals surface area contributed by atoms with E-state index in [4.69, 9.17) is 36.7 Å². The summed E-state index contributed by atoms with van der Waals surface area (Å²) in [4.78, 5) is 16.3. The minimum atomic E-state index is -0.0323. The largest absolute Gasteiger partial charge is 0.456 e. The zero-order chi connectivity index (χ0) is 28.1. The Balaban J connectivity index is 0.00000184. The number of hydrogen-bond donors (Lipinski definition) is 6. The third-order valence-corrected chi connectivity index (χ3v) is 7.09. The number of halogens is 2. The smallest absolute Gasteiger partial charge is 0.139 e. The number of fused-ring (bicyclic) bond motifs is 2. The van der Waals surface area contributed by atoms with Crippen molar-refractivity contribution in [3.05, 3.63) is 108 Å². The second-order valence-corrected chi connectivity index (χ2v) is 9.72. The normalized spacial score (nSPS) is 10.8. The average molecular weight is 610 g/mol. The molecule has 9 nitrogen and oxygen atoms in total. The molecule has 0 radical (unpaired) electrons. The molecular formula is C32H26Cl2N8O. The summed E-state index contributed by atoms with van der Waals surface area (Å²) in [6.45, 7) is 0. The molecule has 0 saturated heterocycles. The van der Waals surface area contributed by atoms with E-state index < -0.39 is 0 Å². The predicted octanol–water partition coefficient (Wildman–Crippen LogP) is 7.11. The fourth-order valence-corrected chi connectivity index (χ4v) is 5.03. The van der Waals surface area contributed by atoms with E-state index in [1.54, 1.807) is 12.1 Å². The van der Waals surface area contributed by atoms with Crippen LogP contribution in [0.4, 0.5) is 0 Å². The van der Waals surface area contributed by atoms with Crippen LogP contribution in [0.25, 0.3) is 67.5 Å². The second kappa shape index (κ2) is 11.5. The highest BCUT2D eigenvalue weighted by Gasteiger charge is 2.19. The van der Waals surface area contributed by atoms with Crippen molar-refractivity contribution < 1.29 is 4.42 Å². The summed E-state index contributed by atoms with van der Waals surface area (Å²) in [5, 5.41) is 16.0. The van der Waals surface area contributed by atoms with Gasteiger partial charge in [0, 0.05) is 33.4 Å². The first-order valence-electron chi connectivity index (χ1n) is 12.9. The van der Waals surface area contributed by atoms with Crippen LogP contribution in [-0.2, 0) is 0 Å². The third-order valence-electron chi connectivity index (χ3n) is 7.09. The number of nitrogens with two attached hydrogens (primary N) is 2. The molecule has 3 heterocycles. The lowest BCUT2D eigenvalue weighted by molar-refractivity contribution is 0.597. The maximum absolute atomic E-state index is 7.98. The number of amidine groups is 2. The number of nitrogens with zero attached hydrogens (tertiary/aromatic N) is 2. The minimum Gasteiger partial charge on any atom is -0.456 e. The molecule has 4 aromatic carbocycles. The van der Waals surface area contributed by atoms with Crippen LogP contribution in [0.3, 0.4) is 0 Å². The first-order valence-corrected chi connectivity index (χ1v) is 12.9. The standard InChI is InChI=1S/C32H24N8O.2ClH/c33-29(34)17-9-11-19(21(15-17)31-37-23-5-1-2-6-24(23)38-31)27-13-14-28(41-27)20-12-10-18(30(35)36)16-22(20)32-39-25-7-3-4-8-26(25)40-32;;/h1-16H,(H3,33,34)(H3,35,36)(H,37,38)(H,39,40);2*1H. The molecule has 0 unspecified atom stereocenters. The number of aromatic nitrogens is 4. The SMILES string of the molecule is Cl.Cl.N=C(N)c1ccc(-c2ccc(-c3ccc(C(=N)N)cc3-c3nc4ccccc4[nH]3)o2)c(-c2nc3ccccc3[nH]2)c1. The monoisotopic (exact) mass is 608 g/mol. The number of para-hydroxylation sites is 4. The molecule has 7 aromatic rings. The molecular weight excluding hydrogens is 583 g/mol. The molecule has 0 fully saturated rings. The molecule has 43 heavy (non-hydrogen) atoms. The highest BCUT2D eigenvalue weighted by atomic mass is 35.5. The number of aromatic amines is 2. The fourth-order valence-electron chi connectivity index (χ4n) is 5.03. The Labute approximate surface area is 258 Å². The van der Waals surface area contributed by atoms with Crippen LogP contribution in [0.1, 0.15) is 11.1 Å². The second-order valence-electron chi connectivity index (χ2n) is 9.72. The number of nitrogen functional groups attached to an aromatic ring is 2. The maximum atomic E-state index is 7.98. The summed E-state index contributed by atoms with van der Waals surface area (Å²) in [5.41, 5.74) is 19.4. The number of imidazole rings is 2. The first-order chi connectivity index (χ1) is 19.9. The van der Waals surface area contributed by atoms with Gasteiger partial charge in [0.2, 0.25) is 0 Å². The molecule has 0 atom stereocenters. The number of nitrogens with one attached hydrogen (secondary N) is 4. The Kier molecular flexibility index (Phi) is 7.78. The molecule has 0 aliphatic rings. The van der Waals surface area contributed by atoms with Gasteiger partial charge in [-0.05, 0) is 60.7 Å². The van der Waals surface area contributed by atoms with E-state index >= 15 is 0 Å². The molecule has 214 valence electrons. The van der Waals surface area contributed by atoms with Crippen LogP contribution in [0.2, 0.25) is 0 Å². The zero-order valence-corrected chi connectivity index (χ0v) is 24.1. The first kappa shape index (κ1) is 29.1. The lowest BCUT2D eigenvalue weighted by Gasteiger charge is -2.10. The van der Waals surface area contributed by atoms with Crippen molar-refractivity contribution in [2.45, 2.75) is 0 Å². The van der Waals surface area contributed by atoms with Crippen LogP contribution < -0.4 is 11.5 Å². The number of benzene rings is 4. The molecule has 3 aromatic heterocycles. The van der Waals surface area contributed by atoms with Crippen molar-refractivity contribution in [1.82, 2.24) is 19.9 Å². The molecule has 0 spiro atoms. The number of hydrogen-bond acceptors (Lipinski definition) is 5. The molecule has 0 bridgehead atoms. The summed E-state index contributed by atoms with van der Waals surface area (Å²) in [6, 6.07) is 30.5. The topological polar surface area (TPSA) is 170 Å². The van der Waals surface area contributed by atoms with Crippen LogP contribution >= 0.6 is 24.8 Å². The van der Waals surface area contributed by atoms with Gasteiger partial charge in [-0.25, -0.2) is 9.97 Å². The van der Waals surface area contributed by atoms with Gasteiger partial charge in [0.1, 0.15) is 34.8 Å². The van der Waals surface area contributed by atoms with E-state index in [0.29, 0.717) is 34.3 Å². The van der Waals surface area contributed by atoms with Crippen LogP contribution in [-0.4, -0.2) is 31.6 Å². The van der Waals surface area contributed by atoms with Gasteiger partial charge < -0.3 is 25.9 Å². The summed E-state index contributed by atoms with van der Waals surface area (Å²) in [7, 11) is 0. The van der Waals surface area contributed by atoms with E-state index in [1.165, 1.54) is 0 Å². The van der Waals surface area contributed by atoms with Crippen molar-refractivity contribution in [3.8, 4) is 45.4 Å². The highest BCUT2D eigenvalue weighted by Crippen LogP contribution is 2.39. The van der Waals surface area contributed by atoms with Crippen LogP contribution in [0.5, 0.6) is 0 Å². The molecule has 7 rings (SSSR count). The van der Waals surface area contributed by atoms with E-state index in [9.17, 15) is 0 Å². The molecule has 0 amide bonds. The maximum Gasteiger partial charge on any atom is 0.139 e. The molecule has 11 heteroatoms. The van der Waals surface area contributed by atoms with Crippen LogP contribution in [0, 0.1) is 10.8 Å².